The van der Waals surface area contributed by atoms with Gasteiger partial charge in [0.25, 0.3) is 0 Å². The van der Waals surface area contributed by atoms with E-state index in [0.717, 1.165) is 29.9 Å². The minimum atomic E-state index is -0.598. The van der Waals surface area contributed by atoms with Gasteiger partial charge in [-0.2, -0.15) is 0 Å². The zero-order chi connectivity index (χ0) is 29.9. The molecule has 2 N–H and O–H groups in total. The van der Waals surface area contributed by atoms with Crippen molar-refractivity contribution in [3.63, 3.8) is 0 Å². The molecule has 1 aromatic rings. The van der Waals surface area contributed by atoms with Gasteiger partial charge in [0, 0.05) is 50.0 Å². The van der Waals surface area contributed by atoms with Gasteiger partial charge in [-0.25, -0.2) is 4.79 Å². The van der Waals surface area contributed by atoms with Crippen LogP contribution in [0, 0.1) is 11.8 Å². The lowest BCUT2D eigenvalue weighted by Gasteiger charge is -2.53. The molecule has 10 heteroatoms. The summed E-state index contributed by atoms with van der Waals surface area (Å²) >= 11 is 0. The lowest BCUT2D eigenvalue weighted by molar-refractivity contribution is -0.189. The van der Waals surface area contributed by atoms with Gasteiger partial charge < -0.3 is 34.5 Å². The molecule has 228 valence electrons. The lowest BCUT2D eigenvalue weighted by atomic mass is 9.70. The molecule has 0 radical (unpaired) electrons. The van der Waals surface area contributed by atoms with E-state index in [2.05, 4.69) is 24.5 Å². The van der Waals surface area contributed by atoms with Gasteiger partial charge in [0.15, 0.2) is 0 Å². The first-order valence-electron chi connectivity index (χ1n) is 14.8. The van der Waals surface area contributed by atoms with Crippen molar-refractivity contribution in [2.45, 2.75) is 103 Å². The number of ether oxygens (including phenoxy) is 4. The molecular formula is C31H47N3O7. The van der Waals surface area contributed by atoms with Gasteiger partial charge in [0.2, 0.25) is 11.8 Å². The van der Waals surface area contributed by atoms with E-state index >= 15 is 0 Å². The first-order valence-corrected chi connectivity index (χ1v) is 14.8. The number of unbranched alkanes of at least 4 members (excludes halogenated alkanes) is 1. The van der Waals surface area contributed by atoms with Crippen LogP contribution in [0.15, 0.2) is 18.2 Å². The summed E-state index contributed by atoms with van der Waals surface area (Å²) in [5, 5.41) is 5.60. The number of amides is 3. The van der Waals surface area contributed by atoms with Crippen LogP contribution in [0.25, 0.3) is 0 Å². The molecule has 3 aliphatic rings. The van der Waals surface area contributed by atoms with E-state index in [9.17, 15) is 14.4 Å². The molecule has 1 aromatic carbocycles. The topological polar surface area (TPSA) is 115 Å². The fourth-order valence-corrected chi connectivity index (χ4v) is 6.31. The number of rotatable bonds is 8. The highest BCUT2D eigenvalue weighted by atomic mass is 16.6. The summed E-state index contributed by atoms with van der Waals surface area (Å²) in [5.74, 6) is 1.60. The van der Waals surface area contributed by atoms with Crippen molar-refractivity contribution in [3.05, 3.63) is 23.8 Å². The number of hydrogen-bond donors (Lipinski definition) is 2. The normalized spacial score (nSPS) is 25.4. The average Bonchev–Trinajstić information content (AvgIpc) is 2.89. The molecule has 0 saturated carbocycles. The SMILES string of the molecule is COc1ccc2c(c1)OC(C)(C)[C@H]1C[C@@H]3CN(C(=O)[C@H](CCCCNC(=O)OC(C)(C)C)NC(C)=O)CC[C@@H]3O[C@H]21. The van der Waals surface area contributed by atoms with Gasteiger partial charge in [-0.3, -0.25) is 9.59 Å². The van der Waals surface area contributed by atoms with Crippen molar-refractivity contribution < 1.29 is 33.3 Å². The van der Waals surface area contributed by atoms with Crippen molar-refractivity contribution in [3.8, 4) is 11.5 Å². The Bertz CT molecular complexity index is 1120. The quantitative estimate of drug-likeness (QED) is 0.444. The third-order valence-corrected chi connectivity index (χ3v) is 8.28. The van der Waals surface area contributed by atoms with Crippen molar-refractivity contribution in [2.24, 2.45) is 11.8 Å². The minimum Gasteiger partial charge on any atom is -0.497 e. The van der Waals surface area contributed by atoms with Gasteiger partial charge >= 0.3 is 6.09 Å². The maximum Gasteiger partial charge on any atom is 0.407 e. The van der Waals surface area contributed by atoms with Crippen LogP contribution in [0.3, 0.4) is 0 Å². The van der Waals surface area contributed by atoms with Crippen LogP contribution >= 0.6 is 0 Å². The van der Waals surface area contributed by atoms with E-state index in [4.69, 9.17) is 18.9 Å². The Hall–Kier alpha value is -3.01. The zero-order valence-electron chi connectivity index (χ0n) is 25.6. The number of methoxy groups -OCH3 is 1. The third-order valence-electron chi connectivity index (χ3n) is 8.28. The van der Waals surface area contributed by atoms with Gasteiger partial charge in [-0.1, -0.05) is 0 Å². The van der Waals surface area contributed by atoms with E-state index in [1.807, 2.05) is 43.9 Å². The molecule has 2 fully saturated rings. The predicted molar refractivity (Wildman–Crippen MR) is 154 cm³/mol. The molecule has 10 nitrogen and oxygen atoms in total. The third kappa shape index (κ3) is 7.64. The Morgan fingerprint density at radius 1 is 1.20 bits per heavy atom. The van der Waals surface area contributed by atoms with Crippen molar-refractivity contribution in [1.82, 2.24) is 15.5 Å². The molecule has 3 heterocycles. The first kappa shape index (κ1) is 30.9. The summed E-state index contributed by atoms with van der Waals surface area (Å²) in [6, 6.07) is 5.32. The first-order chi connectivity index (χ1) is 19.3. The Morgan fingerprint density at radius 3 is 2.63 bits per heavy atom. The maximum absolute atomic E-state index is 13.6. The summed E-state index contributed by atoms with van der Waals surface area (Å²) in [7, 11) is 1.65. The zero-order valence-corrected chi connectivity index (χ0v) is 25.6. The van der Waals surface area contributed by atoms with Crippen LogP contribution in [0.5, 0.6) is 11.5 Å². The fraction of sp³-hybridized carbons (Fsp3) is 0.710. The summed E-state index contributed by atoms with van der Waals surface area (Å²) in [6.45, 7) is 12.7. The monoisotopic (exact) mass is 573 g/mol. The number of carbonyl (C=O) groups is 3. The average molecular weight is 574 g/mol. The summed E-state index contributed by atoms with van der Waals surface area (Å²) in [5.41, 5.74) is 0.0650. The molecule has 0 aliphatic carbocycles. The molecule has 41 heavy (non-hydrogen) atoms. The van der Waals surface area contributed by atoms with Crippen LogP contribution in [-0.2, 0) is 19.1 Å². The Morgan fingerprint density at radius 2 is 1.95 bits per heavy atom. The van der Waals surface area contributed by atoms with Crippen LogP contribution < -0.4 is 20.1 Å². The standard InChI is InChI=1S/C31H47N3O7/c1-19(35)33-24(10-8-9-14-32-29(37)41-30(2,3)4)28(36)34-15-13-25-20(18-34)16-23-27(39-25)22-12-11-21(38-7)17-26(22)40-31(23,5)6/h11-12,17,20,23-25,27H,8-10,13-16,18H2,1-7H3,(H,32,37)(H,33,35)/t20-,23+,24+,25+,27-/m1/s1. The number of alkyl carbamates (subject to hydrolysis) is 1. The van der Waals surface area contributed by atoms with Crippen LogP contribution in [0.1, 0.15) is 85.3 Å². The number of nitrogens with zero attached hydrogens (tertiary/aromatic N) is 1. The maximum atomic E-state index is 13.6. The highest BCUT2D eigenvalue weighted by molar-refractivity contribution is 5.87. The largest absolute Gasteiger partial charge is 0.497 e. The van der Waals surface area contributed by atoms with Crippen molar-refractivity contribution in [2.75, 3.05) is 26.7 Å². The molecular weight excluding hydrogens is 526 g/mol. The second-order valence-corrected chi connectivity index (χ2v) is 13.1. The highest BCUT2D eigenvalue weighted by Gasteiger charge is 2.51. The van der Waals surface area contributed by atoms with Crippen LogP contribution in [-0.4, -0.2) is 72.9 Å². The van der Waals surface area contributed by atoms with Gasteiger partial charge in [-0.05, 0) is 78.9 Å². The number of carbonyl (C=O) groups excluding carboxylic acids is 3. The van der Waals surface area contributed by atoms with Crippen molar-refractivity contribution in [1.29, 1.82) is 0 Å². The number of hydrogen-bond acceptors (Lipinski definition) is 7. The molecule has 0 bridgehead atoms. The lowest BCUT2D eigenvalue weighted by Crippen LogP contribution is -2.58. The summed E-state index contributed by atoms with van der Waals surface area (Å²) < 4.78 is 23.9. The number of likely N-dealkylation sites (tertiary alicyclic amines) is 1. The molecule has 5 atom stereocenters. The van der Waals surface area contributed by atoms with Gasteiger partial charge in [0.1, 0.15) is 28.7 Å². The predicted octanol–water partition coefficient (Wildman–Crippen LogP) is 4.36. The molecule has 3 amide bonds. The van der Waals surface area contributed by atoms with E-state index in [1.165, 1.54) is 6.92 Å². The molecule has 4 rings (SSSR count). The van der Waals surface area contributed by atoms with Gasteiger partial charge in [-0.15, -0.1) is 0 Å². The summed E-state index contributed by atoms with van der Waals surface area (Å²) in [6.07, 6.45) is 3.02. The molecule has 0 unspecified atom stereocenters. The smallest absolute Gasteiger partial charge is 0.407 e. The van der Waals surface area contributed by atoms with Crippen LogP contribution in [0.2, 0.25) is 0 Å². The van der Waals surface area contributed by atoms with E-state index in [1.54, 1.807) is 7.11 Å². The van der Waals surface area contributed by atoms with Crippen molar-refractivity contribution >= 4 is 17.9 Å². The number of fused-ring (bicyclic) bond motifs is 4. The Kier molecular flexibility index (Phi) is 9.41. The summed E-state index contributed by atoms with van der Waals surface area (Å²) in [4.78, 5) is 39.3. The molecule has 2 saturated heterocycles. The Labute approximate surface area is 243 Å². The van der Waals surface area contributed by atoms with Crippen LogP contribution in [0.4, 0.5) is 4.79 Å². The molecule has 0 spiro atoms. The number of benzene rings is 1. The number of piperidine rings is 1. The number of nitrogens with one attached hydrogen (secondary N) is 2. The Balaban J connectivity index is 1.35. The van der Waals surface area contributed by atoms with Gasteiger partial charge in [0.05, 0.1) is 19.3 Å². The fourth-order valence-electron chi connectivity index (χ4n) is 6.31. The van der Waals surface area contributed by atoms with E-state index < -0.39 is 23.3 Å². The second kappa shape index (κ2) is 12.5. The second-order valence-electron chi connectivity index (χ2n) is 13.1. The molecule has 0 aromatic heterocycles. The highest BCUT2D eigenvalue weighted by Crippen LogP contribution is 2.53. The van der Waals surface area contributed by atoms with E-state index in [-0.39, 0.29) is 35.9 Å². The molecule has 3 aliphatic heterocycles. The minimum absolute atomic E-state index is 0.0577. The van der Waals surface area contributed by atoms with E-state index in [0.29, 0.717) is 38.9 Å².